The molecule has 0 radical (unpaired) electrons. The molecular weight excluding hydrogens is 592 g/mol. The minimum atomic E-state index is -0.570. The van der Waals surface area contributed by atoms with E-state index in [1.807, 2.05) is 24.3 Å². The average Bonchev–Trinajstić information content (AvgIpc) is 3.07. The summed E-state index contributed by atoms with van der Waals surface area (Å²) >= 11 is 0. The second kappa shape index (κ2) is 16.8. The van der Waals surface area contributed by atoms with Crippen molar-refractivity contribution < 1.29 is 47.6 Å². The maximum atomic E-state index is 12.5. The maximum absolute atomic E-state index is 12.5. The quantitative estimate of drug-likeness (QED) is 0.0630. The lowest BCUT2D eigenvalue weighted by Crippen LogP contribution is -2.09. The lowest BCUT2D eigenvalue weighted by molar-refractivity contribution is -0.145. The van der Waals surface area contributed by atoms with Gasteiger partial charge in [0.15, 0.2) is 0 Å². The Kier molecular flexibility index (Phi) is 12.1. The molecule has 0 saturated heterocycles. The Labute approximate surface area is 265 Å². The largest absolute Gasteiger partial charge is 0.457 e. The molecule has 0 spiro atoms. The summed E-state index contributed by atoms with van der Waals surface area (Å²) in [7, 11) is 0. The third-order valence-corrected chi connectivity index (χ3v) is 6.52. The van der Waals surface area contributed by atoms with E-state index in [2.05, 4.69) is 13.2 Å². The van der Waals surface area contributed by atoms with Crippen LogP contribution in [0.4, 0.5) is 0 Å². The lowest BCUT2D eigenvalue weighted by atomic mass is 10.1. The SMILES string of the molecule is C=CC(=O)OCOc1ccc(CCC(=O)Oc2ccc3cc(OC(=O)CCc4ccc(OCOC(=O)C=C)cc4)ccc3c2)cc1. The van der Waals surface area contributed by atoms with Gasteiger partial charge in [0, 0.05) is 25.0 Å². The van der Waals surface area contributed by atoms with Gasteiger partial charge in [-0.1, -0.05) is 49.6 Å². The third-order valence-electron chi connectivity index (χ3n) is 6.52. The van der Waals surface area contributed by atoms with Crippen LogP contribution in [-0.4, -0.2) is 37.5 Å². The number of benzene rings is 4. The number of fused-ring (bicyclic) bond motifs is 1. The Bertz CT molecular complexity index is 1560. The highest BCUT2D eigenvalue weighted by Crippen LogP contribution is 2.26. The molecule has 0 N–H and O–H groups in total. The van der Waals surface area contributed by atoms with E-state index in [9.17, 15) is 19.2 Å². The molecule has 0 aromatic heterocycles. The number of carbonyl (C=O) groups excluding carboxylic acids is 4. The van der Waals surface area contributed by atoms with E-state index in [1.54, 1.807) is 60.7 Å². The minimum absolute atomic E-state index is 0.176. The van der Waals surface area contributed by atoms with Crippen LogP contribution in [0.2, 0.25) is 0 Å². The Hall–Kier alpha value is -5.90. The first-order valence-corrected chi connectivity index (χ1v) is 14.3. The summed E-state index contributed by atoms with van der Waals surface area (Å²) in [5.41, 5.74) is 1.84. The van der Waals surface area contributed by atoms with Crippen LogP contribution in [0.5, 0.6) is 23.0 Å². The Morgan fingerprint density at radius 3 is 1.26 bits per heavy atom. The van der Waals surface area contributed by atoms with E-state index in [-0.39, 0.29) is 38.4 Å². The van der Waals surface area contributed by atoms with Crippen LogP contribution in [0, 0.1) is 0 Å². The summed E-state index contributed by atoms with van der Waals surface area (Å²) in [5, 5.41) is 1.64. The zero-order chi connectivity index (χ0) is 32.7. The summed E-state index contributed by atoms with van der Waals surface area (Å²) in [6.45, 7) is 6.19. The Morgan fingerprint density at radius 1 is 0.522 bits per heavy atom. The van der Waals surface area contributed by atoms with Crippen molar-refractivity contribution in [3.05, 3.63) is 121 Å². The number of hydrogen-bond donors (Lipinski definition) is 0. The van der Waals surface area contributed by atoms with Gasteiger partial charge in [-0.2, -0.15) is 0 Å². The van der Waals surface area contributed by atoms with Gasteiger partial charge in [0.2, 0.25) is 13.6 Å². The molecule has 236 valence electrons. The molecule has 0 saturated carbocycles. The van der Waals surface area contributed by atoms with Crippen molar-refractivity contribution in [1.29, 1.82) is 0 Å². The second-order valence-electron chi connectivity index (χ2n) is 9.77. The van der Waals surface area contributed by atoms with Gasteiger partial charge in [-0.05, 0) is 83.3 Å². The van der Waals surface area contributed by atoms with E-state index >= 15 is 0 Å². The zero-order valence-electron chi connectivity index (χ0n) is 25.0. The van der Waals surface area contributed by atoms with E-state index < -0.39 is 11.9 Å². The summed E-state index contributed by atoms with van der Waals surface area (Å²) in [6.07, 6.45) is 3.41. The fourth-order valence-electron chi connectivity index (χ4n) is 4.12. The van der Waals surface area contributed by atoms with Crippen molar-refractivity contribution >= 4 is 34.6 Å². The maximum Gasteiger partial charge on any atom is 0.333 e. The molecule has 0 aliphatic carbocycles. The first kappa shape index (κ1) is 33.0. The number of carbonyl (C=O) groups is 4. The van der Waals surface area contributed by atoms with E-state index in [0.29, 0.717) is 35.8 Å². The monoisotopic (exact) mass is 624 g/mol. The van der Waals surface area contributed by atoms with Crippen molar-refractivity contribution in [3.8, 4) is 23.0 Å². The van der Waals surface area contributed by atoms with Gasteiger partial charge in [0.1, 0.15) is 23.0 Å². The molecule has 4 rings (SSSR count). The van der Waals surface area contributed by atoms with Gasteiger partial charge in [0.05, 0.1) is 0 Å². The Balaban J connectivity index is 1.20. The van der Waals surface area contributed by atoms with Crippen LogP contribution < -0.4 is 18.9 Å². The summed E-state index contributed by atoms with van der Waals surface area (Å²) in [5.74, 6) is -0.0180. The van der Waals surface area contributed by atoms with Crippen molar-refractivity contribution in [2.75, 3.05) is 13.6 Å². The minimum Gasteiger partial charge on any atom is -0.457 e. The van der Waals surface area contributed by atoms with Gasteiger partial charge in [-0.3, -0.25) is 9.59 Å². The molecule has 0 aliphatic rings. The van der Waals surface area contributed by atoms with E-state index in [1.165, 1.54) is 0 Å². The van der Waals surface area contributed by atoms with Crippen LogP contribution in [0.1, 0.15) is 24.0 Å². The van der Waals surface area contributed by atoms with Gasteiger partial charge in [0.25, 0.3) is 0 Å². The summed E-state index contributed by atoms with van der Waals surface area (Å²) in [4.78, 5) is 47.0. The molecule has 0 aliphatic heterocycles. The number of rotatable bonds is 16. The van der Waals surface area contributed by atoms with Gasteiger partial charge < -0.3 is 28.4 Å². The first-order valence-electron chi connectivity index (χ1n) is 14.3. The summed E-state index contributed by atoms with van der Waals surface area (Å²) < 4.78 is 31.3. The van der Waals surface area contributed by atoms with Crippen molar-refractivity contribution in [2.24, 2.45) is 0 Å². The highest BCUT2D eigenvalue weighted by molar-refractivity contribution is 5.87. The van der Waals surface area contributed by atoms with E-state index in [0.717, 1.165) is 34.1 Å². The second-order valence-corrected chi connectivity index (χ2v) is 9.77. The molecule has 46 heavy (non-hydrogen) atoms. The molecule has 0 unspecified atom stereocenters. The van der Waals surface area contributed by atoms with Gasteiger partial charge in [-0.15, -0.1) is 0 Å². The molecule has 0 atom stereocenters. The van der Waals surface area contributed by atoms with Crippen LogP contribution in [0.15, 0.2) is 110 Å². The molecule has 10 heteroatoms. The van der Waals surface area contributed by atoms with Crippen molar-refractivity contribution in [1.82, 2.24) is 0 Å². The van der Waals surface area contributed by atoms with Crippen molar-refractivity contribution in [2.45, 2.75) is 25.7 Å². The number of esters is 4. The van der Waals surface area contributed by atoms with Gasteiger partial charge >= 0.3 is 23.9 Å². The number of ether oxygens (including phenoxy) is 6. The van der Waals surface area contributed by atoms with Crippen LogP contribution in [0.25, 0.3) is 10.8 Å². The summed E-state index contributed by atoms with van der Waals surface area (Å²) in [6, 6.07) is 24.6. The van der Waals surface area contributed by atoms with Gasteiger partial charge in [-0.25, -0.2) is 9.59 Å². The molecule has 4 aromatic carbocycles. The predicted molar refractivity (Wildman–Crippen MR) is 168 cm³/mol. The topological polar surface area (TPSA) is 124 Å². The van der Waals surface area contributed by atoms with Crippen molar-refractivity contribution in [3.63, 3.8) is 0 Å². The first-order chi connectivity index (χ1) is 22.3. The highest BCUT2D eigenvalue weighted by Gasteiger charge is 2.10. The smallest absolute Gasteiger partial charge is 0.333 e. The van der Waals surface area contributed by atoms with Crippen LogP contribution >= 0.6 is 0 Å². The average molecular weight is 625 g/mol. The third kappa shape index (κ3) is 10.7. The number of aryl methyl sites for hydroxylation is 2. The standard InChI is InChI=1S/C36H32O10/c1-3-33(37)43-23-41-29-13-5-25(6-14-29)9-19-35(39)45-31-17-11-28-22-32(18-12-27(28)21-31)46-36(40)20-10-26-7-15-30(16-8-26)42-24-44-34(38)4-2/h3-8,11-18,21-22H,1-2,9-10,19-20,23-24H2. The van der Waals surface area contributed by atoms with Crippen LogP contribution in [-0.2, 0) is 41.5 Å². The lowest BCUT2D eigenvalue weighted by Gasteiger charge is -2.09. The number of hydrogen-bond acceptors (Lipinski definition) is 10. The molecule has 0 heterocycles. The normalized spacial score (nSPS) is 10.3. The molecule has 4 aromatic rings. The highest BCUT2D eigenvalue weighted by atomic mass is 16.7. The molecular formula is C36H32O10. The molecule has 0 amide bonds. The predicted octanol–water partition coefficient (Wildman–Crippen LogP) is 6.05. The molecule has 10 nitrogen and oxygen atoms in total. The Morgan fingerprint density at radius 2 is 0.891 bits per heavy atom. The molecule has 0 bridgehead atoms. The zero-order valence-corrected chi connectivity index (χ0v) is 25.0. The van der Waals surface area contributed by atoms with E-state index in [4.69, 9.17) is 28.4 Å². The van der Waals surface area contributed by atoms with Crippen LogP contribution in [0.3, 0.4) is 0 Å². The molecule has 0 fully saturated rings. The fourth-order valence-corrected chi connectivity index (χ4v) is 4.12. The fraction of sp³-hybridized carbons (Fsp3) is 0.167.